The molecule has 0 aromatic carbocycles. The van der Waals surface area contributed by atoms with Crippen molar-refractivity contribution in [2.24, 2.45) is 0 Å². The largest absolute Gasteiger partial charge is 0.308 e. The van der Waals surface area contributed by atoms with E-state index in [4.69, 9.17) is 0 Å². The standard InChI is InChI=1S/C13H19NS/c1-10-4-3-5-12(14-10)7-9-13-8-6-11(2)15-13/h6-10,12,14H,3-5H2,1-2H3/b9-7+. The van der Waals surface area contributed by atoms with Gasteiger partial charge in [0.1, 0.15) is 0 Å². The van der Waals surface area contributed by atoms with E-state index in [0.29, 0.717) is 12.1 Å². The molecule has 2 rings (SSSR count). The molecule has 1 fully saturated rings. The van der Waals surface area contributed by atoms with Gasteiger partial charge < -0.3 is 5.32 Å². The molecular weight excluding hydrogens is 202 g/mol. The van der Waals surface area contributed by atoms with Crippen molar-refractivity contribution in [3.8, 4) is 0 Å². The van der Waals surface area contributed by atoms with Crippen LogP contribution in [0.5, 0.6) is 0 Å². The van der Waals surface area contributed by atoms with Gasteiger partial charge in [0.2, 0.25) is 0 Å². The summed E-state index contributed by atoms with van der Waals surface area (Å²) in [7, 11) is 0. The maximum absolute atomic E-state index is 3.61. The Kier molecular flexibility index (Phi) is 3.60. The molecular formula is C13H19NS. The Morgan fingerprint density at radius 3 is 2.93 bits per heavy atom. The minimum absolute atomic E-state index is 0.580. The minimum atomic E-state index is 0.580. The van der Waals surface area contributed by atoms with Gasteiger partial charge in [-0.05, 0) is 44.9 Å². The fourth-order valence-electron chi connectivity index (χ4n) is 2.08. The molecule has 1 saturated heterocycles. The Hall–Kier alpha value is -0.600. The van der Waals surface area contributed by atoms with Crippen molar-refractivity contribution < 1.29 is 0 Å². The summed E-state index contributed by atoms with van der Waals surface area (Å²) in [6.07, 6.45) is 8.54. The lowest BCUT2D eigenvalue weighted by Crippen LogP contribution is -2.39. The number of rotatable bonds is 2. The van der Waals surface area contributed by atoms with Crippen molar-refractivity contribution >= 4 is 17.4 Å². The number of piperidine rings is 1. The molecule has 1 aromatic heterocycles. The quantitative estimate of drug-likeness (QED) is 0.804. The molecule has 1 N–H and O–H groups in total. The molecule has 2 heterocycles. The highest BCUT2D eigenvalue weighted by Crippen LogP contribution is 2.18. The maximum atomic E-state index is 3.61. The smallest absolute Gasteiger partial charge is 0.0270 e. The Labute approximate surface area is 96.2 Å². The molecule has 2 heteroatoms. The Morgan fingerprint density at radius 2 is 2.27 bits per heavy atom. The molecule has 0 amide bonds. The van der Waals surface area contributed by atoms with E-state index in [1.54, 1.807) is 0 Å². The second kappa shape index (κ2) is 4.95. The highest BCUT2D eigenvalue weighted by atomic mass is 32.1. The van der Waals surface area contributed by atoms with Crippen LogP contribution >= 0.6 is 11.3 Å². The van der Waals surface area contributed by atoms with Crippen LogP contribution in [-0.2, 0) is 0 Å². The van der Waals surface area contributed by atoms with Crippen molar-refractivity contribution in [2.45, 2.75) is 45.2 Å². The molecule has 82 valence electrons. The molecule has 0 saturated carbocycles. The van der Waals surface area contributed by atoms with Crippen LogP contribution in [0.1, 0.15) is 35.9 Å². The third kappa shape index (κ3) is 3.18. The Morgan fingerprint density at radius 1 is 1.40 bits per heavy atom. The van der Waals surface area contributed by atoms with Gasteiger partial charge >= 0.3 is 0 Å². The first-order valence-electron chi connectivity index (χ1n) is 5.75. The summed E-state index contributed by atoms with van der Waals surface area (Å²) in [5, 5.41) is 3.61. The highest BCUT2D eigenvalue weighted by Gasteiger charge is 2.14. The molecule has 0 bridgehead atoms. The molecule has 0 radical (unpaired) electrons. The lowest BCUT2D eigenvalue weighted by Gasteiger charge is -2.26. The average molecular weight is 221 g/mol. The molecule has 1 aliphatic heterocycles. The third-order valence-electron chi connectivity index (χ3n) is 2.90. The first-order valence-corrected chi connectivity index (χ1v) is 6.56. The number of thiophene rings is 1. The summed E-state index contributed by atoms with van der Waals surface area (Å²) in [6.45, 7) is 4.43. The van der Waals surface area contributed by atoms with Gasteiger partial charge in [0.25, 0.3) is 0 Å². The van der Waals surface area contributed by atoms with Crippen LogP contribution in [0.4, 0.5) is 0 Å². The van der Waals surface area contributed by atoms with Crippen LogP contribution in [0.3, 0.4) is 0 Å². The predicted octanol–water partition coefficient (Wildman–Crippen LogP) is 3.60. The van der Waals surface area contributed by atoms with Gasteiger partial charge in [0.15, 0.2) is 0 Å². The number of aryl methyl sites for hydroxylation is 1. The van der Waals surface area contributed by atoms with Crippen LogP contribution in [0.2, 0.25) is 0 Å². The zero-order valence-corrected chi connectivity index (χ0v) is 10.3. The van der Waals surface area contributed by atoms with Crippen molar-refractivity contribution in [3.63, 3.8) is 0 Å². The predicted molar refractivity (Wildman–Crippen MR) is 68.3 cm³/mol. The topological polar surface area (TPSA) is 12.0 Å². The summed E-state index contributed by atoms with van der Waals surface area (Å²) >= 11 is 1.86. The monoisotopic (exact) mass is 221 g/mol. The van der Waals surface area contributed by atoms with Crippen LogP contribution in [0.25, 0.3) is 6.08 Å². The van der Waals surface area contributed by atoms with E-state index in [9.17, 15) is 0 Å². The van der Waals surface area contributed by atoms with Gasteiger partial charge in [-0.25, -0.2) is 0 Å². The normalized spacial score (nSPS) is 27.3. The van der Waals surface area contributed by atoms with Crippen LogP contribution in [-0.4, -0.2) is 12.1 Å². The molecule has 1 aromatic rings. The van der Waals surface area contributed by atoms with E-state index in [1.807, 2.05) is 11.3 Å². The minimum Gasteiger partial charge on any atom is -0.308 e. The van der Waals surface area contributed by atoms with Gasteiger partial charge in [0.05, 0.1) is 0 Å². The lowest BCUT2D eigenvalue weighted by atomic mass is 9.99. The first-order chi connectivity index (χ1) is 7.24. The fourth-order valence-corrected chi connectivity index (χ4v) is 2.87. The van der Waals surface area contributed by atoms with Crippen LogP contribution in [0, 0.1) is 6.92 Å². The van der Waals surface area contributed by atoms with E-state index in [0.717, 1.165) is 0 Å². The van der Waals surface area contributed by atoms with Gasteiger partial charge in [-0.15, -0.1) is 11.3 Å². The Balaban J connectivity index is 1.93. The van der Waals surface area contributed by atoms with E-state index in [-0.39, 0.29) is 0 Å². The van der Waals surface area contributed by atoms with Gasteiger partial charge in [-0.1, -0.05) is 12.5 Å². The van der Waals surface area contributed by atoms with Gasteiger partial charge in [-0.2, -0.15) is 0 Å². The van der Waals surface area contributed by atoms with Crippen LogP contribution in [0.15, 0.2) is 18.2 Å². The molecule has 15 heavy (non-hydrogen) atoms. The summed E-state index contributed by atoms with van der Waals surface area (Å²) in [6, 6.07) is 5.64. The van der Waals surface area contributed by atoms with E-state index >= 15 is 0 Å². The second-order valence-electron chi connectivity index (χ2n) is 4.41. The molecule has 2 atom stereocenters. The Bertz CT molecular complexity index is 340. The van der Waals surface area contributed by atoms with E-state index < -0.39 is 0 Å². The summed E-state index contributed by atoms with van der Waals surface area (Å²) in [4.78, 5) is 2.76. The fraction of sp³-hybridized carbons (Fsp3) is 0.538. The van der Waals surface area contributed by atoms with Crippen molar-refractivity contribution in [1.82, 2.24) is 5.32 Å². The van der Waals surface area contributed by atoms with Gasteiger partial charge in [0, 0.05) is 21.8 Å². The number of nitrogens with one attached hydrogen (secondary N) is 1. The van der Waals surface area contributed by atoms with Crippen molar-refractivity contribution in [2.75, 3.05) is 0 Å². The van der Waals surface area contributed by atoms with Crippen molar-refractivity contribution in [1.29, 1.82) is 0 Å². The summed E-state index contributed by atoms with van der Waals surface area (Å²) < 4.78 is 0. The SMILES string of the molecule is Cc1ccc(/C=C/C2CCCC(C)N2)s1. The number of hydrogen-bond donors (Lipinski definition) is 1. The molecule has 2 unspecified atom stereocenters. The second-order valence-corrected chi connectivity index (χ2v) is 5.73. The molecule has 1 nitrogen and oxygen atoms in total. The number of hydrogen-bond acceptors (Lipinski definition) is 2. The van der Waals surface area contributed by atoms with Crippen LogP contribution < -0.4 is 5.32 Å². The maximum Gasteiger partial charge on any atom is 0.0270 e. The van der Waals surface area contributed by atoms with Gasteiger partial charge in [-0.3, -0.25) is 0 Å². The highest BCUT2D eigenvalue weighted by molar-refractivity contribution is 7.12. The van der Waals surface area contributed by atoms with E-state index in [2.05, 4.69) is 43.4 Å². The first kappa shape index (κ1) is 10.9. The molecule has 1 aliphatic rings. The third-order valence-corrected chi connectivity index (χ3v) is 3.87. The zero-order valence-electron chi connectivity index (χ0n) is 9.49. The zero-order chi connectivity index (χ0) is 10.7. The van der Waals surface area contributed by atoms with E-state index in [1.165, 1.54) is 29.0 Å². The molecule has 0 aliphatic carbocycles. The van der Waals surface area contributed by atoms with Crippen molar-refractivity contribution in [3.05, 3.63) is 28.0 Å². The summed E-state index contributed by atoms with van der Waals surface area (Å²) in [5.74, 6) is 0. The lowest BCUT2D eigenvalue weighted by molar-refractivity contribution is 0.375. The molecule has 0 spiro atoms. The summed E-state index contributed by atoms with van der Waals surface area (Å²) in [5.41, 5.74) is 0. The average Bonchev–Trinajstić information content (AvgIpc) is 2.62.